The Morgan fingerprint density at radius 1 is 1.06 bits per heavy atom. The summed E-state index contributed by atoms with van der Waals surface area (Å²) in [5, 5.41) is 50.8. The summed E-state index contributed by atoms with van der Waals surface area (Å²) in [7, 11) is -10.6. The van der Waals surface area contributed by atoms with Crippen molar-refractivity contribution in [2.45, 2.75) is 49.1 Å². The topological polar surface area (TPSA) is 284 Å². The van der Waals surface area contributed by atoms with Gasteiger partial charge in [-0.15, -0.1) is 0 Å². The first-order chi connectivity index (χ1) is 14.1. The number of carboxylic acid groups (broad SMARTS) is 1. The minimum atomic E-state index is -5.32. The van der Waals surface area contributed by atoms with Crippen LogP contribution in [0.1, 0.15) is 0 Å². The van der Waals surface area contributed by atoms with Gasteiger partial charge in [-0.1, -0.05) is 0 Å². The number of rotatable bonds is 8. The van der Waals surface area contributed by atoms with Crippen LogP contribution in [0.2, 0.25) is 0 Å². The standard InChI is InChI=1S/C12H19NO16S2.3Na/c14-3-1-4(10(17)18)28-12(7(3)15)29-9-5(2-26-31(23,24)25)27-11(19)6(8(9)16)13-30(20,21)22;;;/h1,3,5-9,11-16,19H,2H2,(H,17,18)(H,20,21,22)(H,23,24,25);;;/q;3*+1/p-3. The van der Waals surface area contributed by atoms with Gasteiger partial charge in [-0.05, 0) is 6.08 Å². The summed E-state index contributed by atoms with van der Waals surface area (Å²) in [6, 6.07) is -2.10. The molecule has 2 aliphatic heterocycles. The van der Waals surface area contributed by atoms with Crippen molar-refractivity contribution in [2.75, 3.05) is 6.61 Å². The van der Waals surface area contributed by atoms with E-state index in [0.717, 1.165) is 0 Å². The first-order valence-electron chi connectivity index (χ1n) is 8.05. The van der Waals surface area contributed by atoms with Crippen LogP contribution in [0, 0.1) is 0 Å². The minimum absolute atomic E-state index is 0. The molecule has 0 bridgehead atoms. The number of carbonyl (C=O) groups excluding carboxylic acids is 1. The largest absolute Gasteiger partial charge is 1.00 e. The summed E-state index contributed by atoms with van der Waals surface area (Å²) in [6.07, 6.45) is -13.8. The number of aliphatic hydroxyl groups excluding tert-OH is 4. The zero-order chi connectivity index (χ0) is 23.7. The maximum absolute atomic E-state index is 10.9. The van der Waals surface area contributed by atoms with Gasteiger partial charge < -0.3 is 53.6 Å². The van der Waals surface area contributed by atoms with Crippen LogP contribution in [0.4, 0.5) is 0 Å². The number of hydrogen-bond acceptors (Lipinski definition) is 16. The number of ether oxygens (including phenoxy) is 3. The van der Waals surface area contributed by atoms with Crippen molar-refractivity contribution in [3.8, 4) is 0 Å². The normalized spacial score (nSPS) is 33.8. The molecule has 0 radical (unpaired) electrons. The Labute approximate surface area is 259 Å². The molecule has 2 heterocycles. The molecule has 0 aromatic carbocycles. The SMILES string of the molecule is O=C([O-])C1=CC(O)C(O)C(OC2C(COS(=O)(=O)[O-])OC(O)C(NS(=O)(=O)[O-])C2O)O1.[Na+].[Na+].[Na+]. The molecule has 8 unspecified atom stereocenters. The van der Waals surface area contributed by atoms with Gasteiger partial charge in [0.05, 0.1) is 6.61 Å². The summed E-state index contributed by atoms with van der Waals surface area (Å²) in [6.45, 7) is -1.21. The molecule has 0 aliphatic carbocycles. The Morgan fingerprint density at radius 3 is 2.09 bits per heavy atom. The Kier molecular flexibility index (Phi) is 16.8. The van der Waals surface area contributed by atoms with Crippen LogP contribution in [-0.2, 0) is 43.9 Å². The van der Waals surface area contributed by atoms with Crippen molar-refractivity contribution >= 4 is 26.7 Å². The van der Waals surface area contributed by atoms with Gasteiger partial charge in [0.2, 0.25) is 16.7 Å². The van der Waals surface area contributed by atoms with E-state index in [1.165, 1.54) is 4.72 Å². The van der Waals surface area contributed by atoms with Crippen molar-refractivity contribution < 1.29 is 163 Å². The fourth-order valence-electron chi connectivity index (χ4n) is 2.71. The molecule has 5 N–H and O–H groups in total. The Hall–Kier alpha value is 1.51. The van der Waals surface area contributed by atoms with E-state index in [2.05, 4.69) is 4.18 Å². The molecule has 180 valence electrons. The van der Waals surface area contributed by atoms with E-state index in [1.54, 1.807) is 0 Å². The van der Waals surface area contributed by atoms with E-state index in [1.807, 2.05) is 0 Å². The van der Waals surface area contributed by atoms with Gasteiger partial charge in [-0.3, -0.25) is 4.18 Å². The van der Waals surface area contributed by atoms with Crippen molar-refractivity contribution in [3.05, 3.63) is 11.8 Å². The molecule has 1 fully saturated rings. The van der Waals surface area contributed by atoms with Crippen LogP contribution in [0.15, 0.2) is 11.8 Å². The fraction of sp³-hybridized carbons (Fsp3) is 0.750. The number of aliphatic hydroxyl groups is 4. The Balaban J connectivity index is 0. The van der Waals surface area contributed by atoms with Gasteiger partial charge in [0.15, 0.2) is 16.6 Å². The average molecular weight is 563 g/mol. The average Bonchev–Trinajstić information content (AvgIpc) is 2.61. The predicted molar refractivity (Wildman–Crippen MR) is 84.0 cm³/mol. The second-order valence-corrected chi connectivity index (χ2v) is 8.43. The summed E-state index contributed by atoms with van der Waals surface area (Å²) < 4.78 is 84.8. The van der Waals surface area contributed by atoms with E-state index >= 15 is 0 Å². The van der Waals surface area contributed by atoms with Crippen molar-refractivity contribution in [1.29, 1.82) is 0 Å². The van der Waals surface area contributed by atoms with Crippen LogP contribution >= 0.6 is 0 Å². The summed E-state index contributed by atoms with van der Waals surface area (Å²) >= 11 is 0. The molecule has 8 atom stereocenters. The third kappa shape index (κ3) is 11.1. The molecule has 0 spiro atoms. The van der Waals surface area contributed by atoms with Crippen LogP contribution in [0.25, 0.3) is 0 Å². The number of aliphatic carboxylic acids is 1. The Morgan fingerprint density at radius 2 is 1.62 bits per heavy atom. The molecule has 34 heavy (non-hydrogen) atoms. The molecule has 17 nitrogen and oxygen atoms in total. The molecule has 0 aromatic heterocycles. The van der Waals surface area contributed by atoms with Crippen molar-refractivity contribution in [1.82, 2.24) is 4.72 Å². The van der Waals surface area contributed by atoms with Gasteiger partial charge in [0.25, 0.3) is 0 Å². The van der Waals surface area contributed by atoms with Crippen LogP contribution < -0.4 is 98.5 Å². The second-order valence-electron chi connectivity index (χ2n) is 6.23. The maximum Gasteiger partial charge on any atom is 1.00 e. The minimum Gasteiger partial charge on any atom is -0.735 e. The van der Waals surface area contributed by atoms with Gasteiger partial charge >= 0.3 is 88.7 Å². The van der Waals surface area contributed by atoms with E-state index in [-0.39, 0.29) is 88.7 Å². The maximum atomic E-state index is 10.9. The van der Waals surface area contributed by atoms with Gasteiger partial charge in [0.1, 0.15) is 48.3 Å². The summed E-state index contributed by atoms with van der Waals surface area (Å²) in [5.41, 5.74) is 0. The van der Waals surface area contributed by atoms with Crippen LogP contribution in [-0.4, -0.2) is 108 Å². The van der Waals surface area contributed by atoms with Gasteiger partial charge in [-0.25, -0.2) is 21.6 Å². The van der Waals surface area contributed by atoms with E-state index < -0.39 is 88.2 Å². The van der Waals surface area contributed by atoms with E-state index in [4.69, 9.17) is 14.2 Å². The summed E-state index contributed by atoms with van der Waals surface area (Å²) in [4.78, 5) is 10.9. The Bertz CT molecular complexity index is 914. The molecule has 0 amide bonds. The second kappa shape index (κ2) is 15.2. The molecule has 2 aliphatic rings. The first kappa shape index (κ1) is 37.7. The molecule has 22 heteroatoms. The third-order valence-corrected chi connectivity index (χ3v) is 5.02. The zero-order valence-electron chi connectivity index (χ0n) is 17.9. The van der Waals surface area contributed by atoms with E-state index in [0.29, 0.717) is 6.08 Å². The number of carboxylic acids is 1. The third-order valence-electron chi connectivity index (χ3n) is 4.04. The molecule has 0 saturated carbocycles. The van der Waals surface area contributed by atoms with Crippen molar-refractivity contribution in [3.63, 3.8) is 0 Å². The van der Waals surface area contributed by atoms with Crippen LogP contribution in [0.5, 0.6) is 0 Å². The van der Waals surface area contributed by atoms with Gasteiger partial charge in [-0.2, -0.15) is 0 Å². The number of carbonyl (C=O) groups is 1. The summed E-state index contributed by atoms with van der Waals surface area (Å²) in [5.74, 6) is -2.94. The fourth-order valence-corrected chi connectivity index (χ4v) is 3.60. The molecule has 1 saturated heterocycles. The van der Waals surface area contributed by atoms with E-state index in [9.17, 15) is 56.3 Å². The molecular weight excluding hydrogens is 547 g/mol. The van der Waals surface area contributed by atoms with Crippen LogP contribution in [0.3, 0.4) is 0 Å². The molecular formula is C12H16NNa3O16S2. The van der Waals surface area contributed by atoms with Crippen molar-refractivity contribution in [2.24, 2.45) is 0 Å². The van der Waals surface area contributed by atoms with Gasteiger partial charge in [0, 0.05) is 0 Å². The predicted octanol–water partition coefficient (Wildman–Crippen LogP) is -15.9. The monoisotopic (exact) mass is 563 g/mol. The zero-order valence-corrected chi connectivity index (χ0v) is 25.5. The smallest absolute Gasteiger partial charge is 0.735 e. The molecule has 2 rings (SSSR count). The first-order valence-corrected chi connectivity index (χ1v) is 10.8. The molecule has 0 aromatic rings. The quantitative estimate of drug-likeness (QED) is 0.104. The number of nitrogens with one attached hydrogen (secondary N) is 1. The number of hydrogen-bond donors (Lipinski definition) is 5.